The zero-order valence-electron chi connectivity index (χ0n) is 10.8. The molecule has 0 bridgehead atoms. The van der Waals surface area contributed by atoms with Crippen molar-refractivity contribution in [2.75, 3.05) is 0 Å². The van der Waals surface area contributed by atoms with Gasteiger partial charge in [0.2, 0.25) is 0 Å². The highest BCUT2D eigenvalue weighted by atomic mass is 32.2. The van der Waals surface area contributed by atoms with E-state index in [1.165, 1.54) is 24.3 Å². The molecule has 0 aliphatic heterocycles. The van der Waals surface area contributed by atoms with Crippen LogP contribution in [0.3, 0.4) is 0 Å². The van der Waals surface area contributed by atoms with Crippen molar-refractivity contribution in [3.8, 4) is 11.5 Å². The molecule has 7 nitrogen and oxygen atoms in total. The van der Waals surface area contributed by atoms with E-state index in [9.17, 15) is 13.2 Å². The van der Waals surface area contributed by atoms with Crippen LogP contribution in [0.5, 0.6) is 11.5 Å². The molecule has 2 N–H and O–H groups in total. The normalized spacial score (nSPS) is 11.1. The predicted molar refractivity (Wildman–Crippen MR) is 74.6 cm³/mol. The molecule has 21 heavy (non-hydrogen) atoms. The quantitative estimate of drug-likeness (QED) is 0.373. The summed E-state index contributed by atoms with van der Waals surface area (Å²) in [5.41, 5.74) is 0.447. The summed E-state index contributed by atoms with van der Waals surface area (Å²) >= 11 is 1.08. The van der Waals surface area contributed by atoms with Gasteiger partial charge in [-0.05, 0) is 30.0 Å². The number of hydrogen-bond donors (Lipinski definition) is 1. The van der Waals surface area contributed by atoms with Gasteiger partial charge in [-0.25, -0.2) is 0 Å². The molecule has 112 valence electrons. The van der Waals surface area contributed by atoms with Gasteiger partial charge < -0.3 is 9.07 Å². The van der Waals surface area contributed by atoms with Crippen molar-refractivity contribution in [2.45, 2.75) is 11.8 Å². The van der Waals surface area contributed by atoms with Crippen molar-refractivity contribution in [1.29, 1.82) is 0 Å². The van der Waals surface area contributed by atoms with Crippen molar-refractivity contribution in [2.24, 2.45) is 5.90 Å². The fourth-order valence-corrected chi connectivity index (χ4v) is 3.45. The van der Waals surface area contributed by atoms with Crippen LogP contribution in [0.15, 0.2) is 34.5 Å². The van der Waals surface area contributed by atoms with E-state index in [-0.39, 0.29) is 21.3 Å². The number of carbonyl (C=O) groups excluding carboxylic acids is 1. The number of rotatable bonds is 6. The summed E-state index contributed by atoms with van der Waals surface area (Å²) in [7, 11) is -4.12. The minimum absolute atomic E-state index is 0.0178. The smallest absolute Gasteiger partial charge is 0.339 e. The molecular formula is C12H11NO6S2. The number of hydrogen-bond acceptors (Lipinski definition) is 8. The molecule has 2 rings (SSSR count). The average Bonchev–Trinajstić information content (AvgIpc) is 2.87. The number of thiophene rings is 1. The number of aryl methyl sites for hydroxylation is 1. The van der Waals surface area contributed by atoms with Crippen LogP contribution >= 0.6 is 11.3 Å². The molecule has 0 saturated heterocycles. The third-order valence-corrected chi connectivity index (χ3v) is 4.74. The summed E-state index contributed by atoms with van der Waals surface area (Å²) in [4.78, 5) is 19.5. The van der Waals surface area contributed by atoms with Gasteiger partial charge in [0.15, 0.2) is 17.8 Å². The summed E-state index contributed by atoms with van der Waals surface area (Å²) in [6, 6.07) is 5.62. The monoisotopic (exact) mass is 329 g/mol. The Balaban J connectivity index is 2.39. The Hall–Kier alpha value is -1.94. The third kappa shape index (κ3) is 3.39. The van der Waals surface area contributed by atoms with Crippen LogP contribution in [0.2, 0.25) is 0 Å². The fourth-order valence-electron chi connectivity index (χ4n) is 1.58. The average molecular weight is 329 g/mol. The Morgan fingerprint density at radius 3 is 2.71 bits per heavy atom. The second-order valence-electron chi connectivity index (χ2n) is 3.91. The first-order valence-electron chi connectivity index (χ1n) is 5.59. The van der Waals surface area contributed by atoms with Crippen LogP contribution < -0.4 is 15.0 Å². The van der Waals surface area contributed by atoms with E-state index >= 15 is 0 Å². The number of benzene rings is 1. The van der Waals surface area contributed by atoms with Gasteiger partial charge in [-0.15, -0.1) is 11.3 Å². The standard InChI is InChI=1S/C12H11NO6S2/c1-8-2-3-9(17-19-13)6-12(8)21(15,16)18-10-4-5-20-11(10)7-14/h2-7H,13H2,1H3. The van der Waals surface area contributed by atoms with E-state index in [1.54, 1.807) is 12.3 Å². The molecule has 0 saturated carbocycles. The van der Waals surface area contributed by atoms with E-state index < -0.39 is 10.1 Å². The minimum atomic E-state index is -4.12. The molecule has 0 fully saturated rings. The maximum atomic E-state index is 12.3. The van der Waals surface area contributed by atoms with Crippen molar-refractivity contribution >= 4 is 27.7 Å². The Morgan fingerprint density at radius 2 is 2.05 bits per heavy atom. The molecule has 1 heterocycles. The molecule has 0 aliphatic rings. The summed E-state index contributed by atoms with van der Waals surface area (Å²) in [5, 5.41) is 1.56. The van der Waals surface area contributed by atoms with Gasteiger partial charge in [-0.3, -0.25) is 4.79 Å². The molecule has 9 heteroatoms. The van der Waals surface area contributed by atoms with Crippen LogP contribution in [-0.4, -0.2) is 14.7 Å². The lowest BCUT2D eigenvalue weighted by atomic mass is 10.2. The molecule has 1 aromatic carbocycles. The maximum Gasteiger partial charge on any atom is 0.339 e. The molecule has 0 unspecified atom stereocenters. The summed E-state index contributed by atoms with van der Waals surface area (Å²) in [6.07, 6.45) is 0.532. The van der Waals surface area contributed by atoms with E-state index in [0.717, 1.165) is 11.3 Å². The zero-order chi connectivity index (χ0) is 15.5. The van der Waals surface area contributed by atoms with Crippen LogP contribution in [0.25, 0.3) is 0 Å². The molecule has 1 aromatic heterocycles. The van der Waals surface area contributed by atoms with Gasteiger partial charge in [0.25, 0.3) is 0 Å². The van der Waals surface area contributed by atoms with Gasteiger partial charge in [0.05, 0.1) is 0 Å². The summed E-state index contributed by atoms with van der Waals surface area (Å²) < 4.78 is 29.6. The van der Waals surface area contributed by atoms with Crippen molar-refractivity contribution < 1.29 is 27.3 Å². The molecule has 0 amide bonds. The van der Waals surface area contributed by atoms with Gasteiger partial charge in [-0.2, -0.15) is 14.3 Å². The van der Waals surface area contributed by atoms with Crippen LogP contribution in [-0.2, 0) is 15.1 Å². The van der Waals surface area contributed by atoms with Gasteiger partial charge >= 0.3 is 10.1 Å². The van der Waals surface area contributed by atoms with Crippen molar-refractivity contribution in [3.05, 3.63) is 40.1 Å². The van der Waals surface area contributed by atoms with Gasteiger partial charge in [-0.1, -0.05) is 11.1 Å². The Labute approximate surface area is 124 Å². The zero-order valence-corrected chi connectivity index (χ0v) is 12.4. The van der Waals surface area contributed by atoms with E-state index in [4.69, 9.17) is 10.1 Å². The SMILES string of the molecule is Cc1ccc(OON)cc1S(=O)(=O)Oc1ccsc1C=O. The highest BCUT2D eigenvalue weighted by molar-refractivity contribution is 7.87. The first-order valence-corrected chi connectivity index (χ1v) is 7.88. The second-order valence-corrected chi connectivity index (χ2v) is 6.37. The number of aldehydes is 1. The molecular weight excluding hydrogens is 318 g/mol. The minimum Gasteiger partial charge on any atom is -0.377 e. The highest BCUT2D eigenvalue weighted by Crippen LogP contribution is 2.29. The lowest BCUT2D eigenvalue weighted by molar-refractivity contribution is -0.211. The lowest BCUT2D eigenvalue weighted by Crippen LogP contribution is -2.12. The van der Waals surface area contributed by atoms with Crippen LogP contribution in [0.1, 0.15) is 15.2 Å². The Morgan fingerprint density at radius 1 is 1.29 bits per heavy atom. The Kier molecular flexibility index (Phi) is 4.58. The summed E-state index contributed by atoms with van der Waals surface area (Å²) in [5.74, 6) is 4.85. The highest BCUT2D eigenvalue weighted by Gasteiger charge is 2.22. The molecule has 0 radical (unpaired) electrons. The molecule has 0 spiro atoms. The largest absolute Gasteiger partial charge is 0.377 e. The second kappa shape index (κ2) is 6.22. The maximum absolute atomic E-state index is 12.3. The van der Waals surface area contributed by atoms with E-state index in [1.807, 2.05) is 0 Å². The Bertz CT molecular complexity index is 753. The summed E-state index contributed by atoms with van der Waals surface area (Å²) in [6.45, 7) is 1.59. The number of nitrogens with two attached hydrogens (primary N) is 1. The van der Waals surface area contributed by atoms with Crippen LogP contribution in [0.4, 0.5) is 0 Å². The lowest BCUT2D eigenvalue weighted by Gasteiger charge is -2.10. The number of carbonyl (C=O) groups is 1. The van der Waals surface area contributed by atoms with Crippen molar-refractivity contribution in [3.63, 3.8) is 0 Å². The molecule has 0 atom stereocenters. The third-order valence-electron chi connectivity index (χ3n) is 2.54. The van der Waals surface area contributed by atoms with Crippen LogP contribution in [0, 0.1) is 6.92 Å². The topological polar surface area (TPSA) is 105 Å². The predicted octanol–water partition coefficient (Wildman–Crippen LogP) is 1.82. The van der Waals surface area contributed by atoms with E-state index in [2.05, 4.69) is 9.88 Å². The van der Waals surface area contributed by atoms with E-state index in [0.29, 0.717) is 11.8 Å². The molecule has 0 aliphatic carbocycles. The van der Waals surface area contributed by atoms with Gasteiger partial charge in [0.1, 0.15) is 9.77 Å². The first kappa shape index (κ1) is 15.4. The van der Waals surface area contributed by atoms with Crippen molar-refractivity contribution in [1.82, 2.24) is 0 Å². The first-order chi connectivity index (χ1) is 9.97. The molecule has 2 aromatic rings. The fraction of sp³-hybridized carbons (Fsp3) is 0.0833. The van der Waals surface area contributed by atoms with Gasteiger partial charge in [0, 0.05) is 6.07 Å².